The number of piperidine rings is 1. The highest BCUT2D eigenvalue weighted by Crippen LogP contribution is 2.28. The molecule has 1 aromatic carbocycles. The van der Waals surface area contributed by atoms with Gasteiger partial charge >= 0.3 is 5.69 Å². The van der Waals surface area contributed by atoms with Crippen molar-refractivity contribution in [1.29, 1.82) is 0 Å². The van der Waals surface area contributed by atoms with E-state index in [0.717, 1.165) is 4.31 Å². The van der Waals surface area contributed by atoms with Crippen LogP contribution < -0.4 is 5.73 Å². The molecule has 1 heterocycles. The van der Waals surface area contributed by atoms with Gasteiger partial charge in [0.15, 0.2) is 0 Å². The minimum atomic E-state index is -4.29. The molecule has 116 valence electrons. The summed E-state index contributed by atoms with van der Waals surface area (Å²) in [6, 6.07) is 0.224. The lowest BCUT2D eigenvalue weighted by atomic mass is 10.1. The highest BCUT2D eigenvalue weighted by atomic mass is 32.2. The van der Waals surface area contributed by atoms with Crippen molar-refractivity contribution in [2.24, 2.45) is 5.73 Å². The van der Waals surface area contributed by atoms with Crippen molar-refractivity contribution in [2.75, 3.05) is 13.1 Å². The van der Waals surface area contributed by atoms with Gasteiger partial charge in [-0.3, -0.25) is 10.1 Å². The van der Waals surface area contributed by atoms with Crippen molar-refractivity contribution in [1.82, 2.24) is 4.31 Å². The molecule has 0 unspecified atom stereocenters. The number of hydrogen-bond donors (Lipinski definition) is 1. The van der Waals surface area contributed by atoms with Crippen molar-refractivity contribution in [2.45, 2.75) is 23.8 Å². The predicted molar refractivity (Wildman–Crippen MR) is 69.0 cm³/mol. The maximum absolute atomic E-state index is 13.7. The van der Waals surface area contributed by atoms with E-state index in [1.54, 1.807) is 0 Å². The molecule has 1 saturated heterocycles. The Balaban J connectivity index is 2.49. The molecule has 0 amide bonds. The first-order chi connectivity index (χ1) is 9.73. The third-order valence-corrected chi connectivity index (χ3v) is 5.12. The Morgan fingerprint density at radius 3 is 2.57 bits per heavy atom. The molecule has 1 aliphatic heterocycles. The topological polar surface area (TPSA) is 107 Å². The summed E-state index contributed by atoms with van der Waals surface area (Å²) < 4.78 is 52.6. The summed E-state index contributed by atoms with van der Waals surface area (Å²) in [6.45, 7) is 0.133. The number of hydrogen-bond acceptors (Lipinski definition) is 5. The van der Waals surface area contributed by atoms with Crippen LogP contribution in [-0.4, -0.2) is 36.8 Å². The smallest absolute Gasteiger partial charge is 0.306 e. The Labute approximate surface area is 119 Å². The van der Waals surface area contributed by atoms with Crippen LogP contribution in [0.2, 0.25) is 0 Å². The molecule has 1 atom stereocenters. The van der Waals surface area contributed by atoms with Gasteiger partial charge in [0.25, 0.3) is 0 Å². The van der Waals surface area contributed by atoms with Crippen molar-refractivity contribution in [3.05, 3.63) is 33.9 Å². The average molecular weight is 321 g/mol. The minimum absolute atomic E-state index is 0.00700. The summed E-state index contributed by atoms with van der Waals surface area (Å²) >= 11 is 0. The molecule has 1 aliphatic rings. The fourth-order valence-corrected chi connectivity index (χ4v) is 3.79. The van der Waals surface area contributed by atoms with Gasteiger partial charge in [-0.2, -0.15) is 8.70 Å². The van der Waals surface area contributed by atoms with Gasteiger partial charge in [-0.15, -0.1) is 0 Å². The number of benzene rings is 1. The van der Waals surface area contributed by atoms with Gasteiger partial charge < -0.3 is 5.73 Å². The van der Waals surface area contributed by atoms with Crippen molar-refractivity contribution < 1.29 is 22.1 Å². The van der Waals surface area contributed by atoms with E-state index in [1.165, 1.54) is 0 Å². The normalized spacial score (nSPS) is 20.4. The third-order valence-electron chi connectivity index (χ3n) is 3.24. The number of nitrogens with two attached hydrogens (primary N) is 1. The van der Waals surface area contributed by atoms with Crippen LogP contribution in [0.5, 0.6) is 0 Å². The Hall–Kier alpha value is -1.65. The van der Waals surface area contributed by atoms with Gasteiger partial charge in [-0.1, -0.05) is 0 Å². The summed E-state index contributed by atoms with van der Waals surface area (Å²) in [4.78, 5) is 8.64. The Bertz CT molecular complexity index is 680. The van der Waals surface area contributed by atoms with Crippen LogP contribution in [0.3, 0.4) is 0 Å². The lowest BCUT2D eigenvalue weighted by molar-refractivity contribution is -0.387. The molecule has 0 aliphatic carbocycles. The summed E-state index contributed by atoms with van der Waals surface area (Å²) in [5.74, 6) is -2.79. The second-order valence-electron chi connectivity index (χ2n) is 4.76. The molecular weight excluding hydrogens is 308 g/mol. The monoisotopic (exact) mass is 321 g/mol. The molecule has 0 saturated carbocycles. The third kappa shape index (κ3) is 3.01. The number of nitro benzene ring substituents is 1. The largest absolute Gasteiger partial charge is 0.327 e. The van der Waals surface area contributed by atoms with Gasteiger partial charge in [-0.05, 0) is 12.8 Å². The molecule has 10 heteroatoms. The lowest BCUT2D eigenvalue weighted by Gasteiger charge is -2.29. The van der Waals surface area contributed by atoms with Crippen molar-refractivity contribution in [3.63, 3.8) is 0 Å². The number of rotatable bonds is 3. The Morgan fingerprint density at radius 1 is 1.33 bits per heavy atom. The molecule has 0 aromatic heterocycles. The van der Waals surface area contributed by atoms with E-state index in [9.17, 15) is 27.3 Å². The highest BCUT2D eigenvalue weighted by molar-refractivity contribution is 7.89. The van der Waals surface area contributed by atoms with E-state index in [2.05, 4.69) is 0 Å². The second kappa shape index (κ2) is 5.62. The zero-order valence-corrected chi connectivity index (χ0v) is 11.6. The fourth-order valence-electron chi connectivity index (χ4n) is 2.19. The number of nitrogens with zero attached hydrogens (tertiary/aromatic N) is 2. The summed E-state index contributed by atoms with van der Waals surface area (Å²) in [5, 5.41) is 10.7. The zero-order valence-electron chi connectivity index (χ0n) is 10.8. The van der Waals surface area contributed by atoms with Gasteiger partial charge in [0.1, 0.15) is 10.7 Å². The van der Waals surface area contributed by atoms with Crippen LogP contribution in [0.1, 0.15) is 12.8 Å². The maximum atomic E-state index is 13.7. The number of sulfonamides is 1. The van der Waals surface area contributed by atoms with Gasteiger partial charge in [0, 0.05) is 31.3 Å². The van der Waals surface area contributed by atoms with E-state index in [-0.39, 0.29) is 25.2 Å². The average Bonchev–Trinajstić information content (AvgIpc) is 2.37. The van der Waals surface area contributed by atoms with Crippen LogP contribution >= 0.6 is 0 Å². The van der Waals surface area contributed by atoms with Gasteiger partial charge in [-0.25, -0.2) is 12.8 Å². The Morgan fingerprint density at radius 2 is 2.00 bits per heavy atom. The first kappa shape index (κ1) is 15.7. The molecule has 1 aromatic rings. The van der Waals surface area contributed by atoms with Crippen molar-refractivity contribution in [3.8, 4) is 0 Å². The van der Waals surface area contributed by atoms with Gasteiger partial charge in [0.05, 0.1) is 4.92 Å². The van der Waals surface area contributed by atoms with E-state index >= 15 is 0 Å². The summed E-state index contributed by atoms with van der Waals surface area (Å²) in [5.41, 5.74) is 4.59. The van der Waals surface area contributed by atoms with E-state index in [0.29, 0.717) is 18.9 Å². The molecule has 2 rings (SSSR count). The quantitative estimate of drug-likeness (QED) is 0.660. The molecule has 1 fully saturated rings. The summed E-state index contributed by atoms with van der Waals surface area (Å²) in [6.07, 6.45) is 1.14. The van der Waals surface area contributed by atoms with E-state index in [1.807, 2.05) is 0 Å². The van der Waals surface area contributed by atoms with Crippen LogP contribution in [0.4, 0.5) is 14.5 Å². The molecule has 7 nitrogen and oxygen atoms in total. The first-order valence-electron chi connectivity index (χ1n) is 6.12. The first-order valence-corrected chi connectivity index (χ1v) is 7.56. The van der Waals surface area contributed by atoms with Crippen molar-refractivity contribution >= 4 is 15.7 Å². The van der Waals surface area contributed by atoms with Gasteiger partial charge in [0.2, 0.25) is 15.8 Å². The van der Waals surface area contributed by atoms with Crippen LogP contribution in [0, 0.1) is 21.7 Å². The highest BCUT2D eigenvalue weighted by Gasteiger charge is 2.33. The molecule has 0 bridgehead atoms. The number of nitro groups is 1. The van der Waals surface area contributed by atoms with Crippen LogP contribution in [-0.2, 0) is 10.0 Å². The SMILES string of the molecule is N[C@@H]1CCCN(S(=O)(=O)c2cc([N+](=O)[O-])c(F)cc2F)C1. The molecule has 0 radical (unpaired) electrons. The maximum Gasteiger partial charge on any atom is 0.306 e. The standard InChI is InChI=1S/C11H13F2N3O4S/c12-8-4-9(13)11(5-10(8)16(17)18)21(19,20)15-3-1-2-7(14)6-15/h4-5,7H,1-3,6,14H2/t7-/m1/s1. The zero-order chi connectivity index (χ0) is 15.8. The predicted octanol–water partition coefficient (Wildman–Crippen LogP) is 0.985. The van der Waals surface area contributed by atoms with Crippen LogP contribution in [0.15, 0.2) is 17.0 Å². The molecule has 0 spiro atoms. The molecule has 21 heavy (non-hydrogen) atoms. The number of halogens is 2. The summed E-state index contributed by atoms with van der Waals surface area (Å²) in [7, 11) is -4.29. The van der Waals surface area contributed by atoms with E-state index < -0.39 is 37.2 Å². The minimum Gasteiger partial charge on any atom is -0.327 e. The molecule has 2 N–H and O–H groups in total. The Kier molecular flexibility index (Phi) is 4.21. The lowest BCUT2D eigenvalue weighted by Crippen LogP contribution is -2.45. The second-order valence-corrected chi connectivity index (χ2v) is 6.66. The van der Waals surface area contributed by atoms with Crippen LogP contribution in [0.25, 0.3) is 0 Å². The van der Waals surface area contributed by atoms with E-state index in [4.69, 9.17) is 5.73 Å². The molecular formula is C11H13F2N3O4S. The fraction of sp³-hybridized carbons (Fsp3) is 0.455.